The number of fused-ring (bicyclic) bond motifs is 1. The third kappa shape index (κ3) is 3.28. The van der Waals surface area contributed by atoms with E-state index in [1.54, 1.807) is 13.1 Å². The predicted octanol–water partition coefficient (Wildman–Crippen LogP) is -0.158. The minimum atomic E-state index is -0.0176. The van der Waals surface area contributed by atoms with Gasteiger partial charge in [-0.25, -0.2) is 0 Å². The molecular formula is C15H18N8O2. The van der Waals surface area contributed by atoms with Crippen LogP contribution in [0.2, 0.25) is 0 Å². The molecule has 1 aliphatic rings. The van der Waals surface area contributed by atoms with E-state index in [1.165, 1.54) is 0 Å². The average Bonchev–Trinajstić information content (AvgIpc) is 3.29. The van der Waals surface area contributed by atoms with Crippen LogP contribution in [-0.2, 0) is 30.7 Å². The molecule has 4 heterocycles. The van der Waals surface area contributed by atoms with Crippen LogP contribution < -0.4 is 0 Å². The molecular weight excluding hydrogens is 324 g/mol. The molecule has 4 rings (SSSR count). The fraction of sp³-hybridized carbons (Fsp3) is 0.467. The summed E-state index contributed by atoms with van der Waals surface area (Å²) in [5.74, 6) is 2.61. The average molecular weight is 342 g/mol. The number of aromatic nitrogens is 7. The summed E-state index contributed by atoms with van der Waals surface area (Å²) < 4.78 is 8.92. The highest BCUT2D eigenvalue weighted by molar-refractivity contribution is 5.77. The minimum Gasteiger partial charge on any atom is -0.340 e. The molecule has 0 saturated carbocycles. The van der Waals surface area contributed by atoms with Crippen LogP contribution in [0.1, 0.15) is 23.4 Å². The van der Waals surface area contributed by atoms with Crippen molar-refractivity contribution in [2.45, 2.75) is 32.9 Å². The lowest BCUT2D eigenvalue weighted by atomic mass is 10.3. The molecule has 10 heteroatoms. The lowest BCUT2D eigenvalue weighted by molar-refractivity contribution is -0.130. The first-order valence-corrected chi connectivity index (χ1v) is 8.14. The topological polar surface area (TPSA) is 108 Å². The van der Waals surface area contributed by atoms with Crippen molar-refractivity contribution in [1.29, 1.82) is 0 Å². The molecule has 3 aromatic rings. The molecule has 0 aromatic carbocycles. The van der Waals surface area contributed by atoms with Gasteiger partial charge in [-0.3, -0.25) is 9.48 Å². The zero-order chi connectivity index (χ0) is 17.2. The Balaban J connectivity index is 1.43. The molecule has 0 radical (unpaired) electrons. The molecule has 0 bridgehead atoms. The Hall–Kier alpha value is -3.04. The van der Waals surface area contributed by atoms with E-state index < -0.39 is 0 Å². The van der Waals surface area contributed by atoms with Crippen LogP contribution in [0.25, 0.3) is 0 Å². The van der Waals surface area contributed by atoms with Crippen LogP contribution in [-0.4, -0.2) is 58.6 Å². The molecule has 10 nitrogen and oxygen atoms in total. The van der Waals surface area contributed by atoms with Gasteiger partial charge in [0.25, 0.3) is 0 Å². The van der Waals surface area contributed by atoms with Gasteiger partial charge in [-0.2, -0.15) is 10.1 Å². The second-order valence-corrected chi connectivity index (χ2v) is 5.93. The maximum atomic E-state index is 12.5. The van der Waals surface area contributed by atoms with Crippen molar-refractivity contribution < 1.29 is 9.32 Å². The third-order valence-corrected chi connectivity index (χ3v) is 4.19. The van der Waals surface area contributed by atoms with E-state index in [-0.39, 0.29) is 12.3 Å². The maximum Gasteiger partial charge on any atom is 0.236 e. The van der Waals surface area contributed by atoms with Crippen molar-refractivity contribution in [1.82, 2.24) is 39.6 Å². The minimum absolute atomic E-state index is 0.0176. The zero-order valence-electron chi connectivity index (χ0n) is 13.9. The van der Waals surface area contributed by atoms with Gasteiger partial charge in [0.2, 0.25) is 11.8 Å². The molecule has 1 amide bonds. The molecule has 25 heavy (non-hydrogen) atoms. The summed E-state index contributed by atoms with van der Waals surface area (Å²) in [5.41, 5.74) is 0. The summed E-state index contributed by atoms with van der Waals surface area (Å²) in [6, 6.07) is 1.87. The van der Waals surface area contributed by atoms with Crippen molar-refractivity contribution in [2.24, 2.45) is 0 Å². The second-order valence-electron chi connectivity index (χ2n) is 5.93. The first kappa shape index (κ1) is 15.5. The number of carbonyl (C=O) groups excluding carboxylic acids is 1. The van der Waals surface area contributed by atoms with Crippen LogP contribution in [0, 0.1) is 6.92 Å². The Morgan fingerprint density at radius 3 is 2.96 bits per heavy atom. The molecule has 130 valence electrons. The number of hydrogen-bond donors (Lipinski definition) is 0. The van der Waals surface area contributed by atoms with Crippen molar-refractivity contribution >= 4 is 5.91 Å². The molecule has 0 saturated heterocycles. The number of amides is 1. The highest BCUT2D eigenvalue weighted by atomic mass is 16.5. The van der Waals surface area contributed by atoms with Crippen LogP contribution in [0.15, 0.2) is 23.0 Å². The standard InChI is InChI=1S/C15H18N8O2/c1-11-17-14(25-20-11)9-15(24)21-6-3-12-18-19-13(23(12)8-7-21)10-22-5-2-4-16-22/h2,4-5H,3,6-10H2,1H3. The van der Waals surface area contributed by atoms with Gasteiger partial charge in [0.1, 0.15) is 18.8 Å². The summed E-state index contributed by atoms with van der Waals surface area (Å²) in [4.78, 5) is 18.4. The van der Waals surface area contributed by atoms with Crippen molar-refractivity contribution in [3.63, 3.8) is 0 Å². The number of rotatable bonds is 4. The van der Waals surface area contributed by atoms with E-state index in [0.29, 0.717) is 44.3 Å². The molecule has 0 N–H and O–H groups in total. The van der Waals surface area contributed by atoms with Crippen LogP contribution in [0.4, 0.5) is 0 Å². The van der Waals surface area contributed by atoms with E-state index in [2.05, 4.69) is 30.0 Å². The van der Waals surface area contributed by atoms with Gasteiger partial charge < -0.3 is 14.0 Å². The Kier molecular flexibility index (Phi) is 4.00. The Bertz CT molecular complexity index is 866. The van der Waals surface area contributed by atoms with E-state index in [9.17, 15) is 4.79 Å². The third-order valence-electron chi connectivity index (χ3n) is 4.19. The first-order chi connectivity index (χ1) is 12.2. The van der Waals surface area contributed by atoms with Crippen LogP contribution in [0.3, 0.4) is 0 Å². The van der Waals surface area contributed by atoms with Crippen molar-refractivity contribution in [3.8, 4) is 0 Å². The molecule has 0 unspecified atom stereocenters. The normalized spacial score (nSPS) is 14.4. The molecule has 0 fully saturated rings. The van der Waals surface area contributed by atoms with Gasteiger partial charge in [0, 0.05) is 38.4 Å². The zero-order valence-corrected chi connectivity index (χ0v) is 13.9. The van der Waals surface area contributed by atoms with Gasteiger partial charge in [0.15, 0.2) is 11.6 Å². The summed E-state index contributed by atoms with van der Waals surface area (Å²) in [7, 11) is 0. The quantitative estimate of drug-likeness (QED) is 0.648. The fourth-order valence-corrected chi connectivity index (χ4v) is 2.94. The number of carbonyl (C=O) groups is 1. The summed E-state index contributed by atoms with van der Waals surface area (Å²) in [6.45, 7) is 4.16. The maximum absolute atomic E-state index is 12.5. The highest BCUT2D eigenvalue weighted by Crippen LogP contribution is 2.12. The second kappa shape index (κ2) is 6.46. The number of nitrogens with zero attached hydrogens (tertiary/aromatic N) is 8. The summed E-state index contributed by atoms with van der Waals surface area (Å²) >= 11 is 0. The molecule has 1 aliphatic heterocycles. The van der Waals surface area contributed by atoms with E-state index in [4.69, 9.17) is 4.52 Å². The van der Waals surface area contributed by atoms with E-state index >= 15 is 0 Å². The Morgan fingerprint density at radius 2 is 2.20 bits per heavy atom. The predicted molar refractivity (Wildman–Crippen MR) is 84.4 cm³/mol. The van der Waals surface area contributed by atoms with Crippen LogP contribution in [0.5, 0.6) is 0 Å². The Labute approximate surface area is 143 Å². The number of hydrogen-bond acceptors (Lipinski definition) is 7. The van der Waals surface area contributed by atoms with Gasteiger partial charge in [0.05, 0.1) is 0 Å². The lowest BCUT2D eigenvalue weighted by Crippen LogP contribution is -2.35. The molecule has 3 aromatic heterocycles. The fourth-order valence-electron chi connectivity index (χ4n) is 2.94. The smallest absolute Gasteiger partial charge is 0.236 e. The van der Waals surface area contributed by atoms with E-state index in [0.717, 1.165) is 11.6 Å². The summed E-state index contributed by atoms with van der Waals surface area (Å²) in [5, 5.41) is 16.5. The van der Waals surface area contributed by atoms with Gasteiger partial charge in [-0.15, -0.1) is 10.2 Å². The molecule has 0 spiro atoms. The largest absolute Gasteiger partial charge is 0.340 e. The Morgan fingerprint density at radius 1 is 1.28 bits per heavy atom. The van der Waals surface area contributed by atoms with Gasteiger partial charge in [-0.05, 0) is 13.0 Å². The molecule has 0 aliphatic carbocycles. The monoisotopic (exact) mass is 342 g/mol. The first-order valence-electron chi connectivity index (χ1n) is 8.14. The molecule has 0 atom stereocenters. The van der Waals surface area contributed by atoms with Crippen molar-refractivity contribution in [2.75, 3.05) is 13.1 Å². The van der Waals surface area contributed by atoms with Crippen molar-refractivity contribution in [3.05, 3.63) is 41.8 Å². The van der Waals surface area contributed by atoms with E-state index in [1.807, 2.05) is 21.8 Å². The summed E-state index contributed by atoms with van der Waals surface area (Å²) in [6.07, 6.45) is 4.42. The highest BCUT2D eigenvalue weighted by Gasteiger charge is 2.23. The SMILES string of the molecule is Cc1noc(CC(=O)N2CCc3nnc(Cn4cccn4)n3CC2)n1. The van der Waals surface area contributed by atoms with Gasteiger partial charge >= 0.3 is 0 Å². The lowest BCUT2D eigenvalue weighted by Gasteiger charge is -2.19. The van der Waals surface area contributed by atoms with Gasteiger partial charge in [-0.1, -0.05) is 5.16 Å². The van der Waals surface area contributed by atoms with Crippen LogP contribution >= 0.6 is 0 Å². The number of aryl methyl sites for hydroxylation is 1.